The Morgan fingerprint density at radius 3 is 2.54 bits per heavy atom. The Morgan fingerprint density at radius 1 is 1.54 bits per heavy atom. The Kier molecular flexibility index (Phi) is 5.52. The van der Waals surface area contributed by atoms with E-state index in [0.29, 0.717) is 5.84 Å². The first-order valence-electron chi connectivity index (χ1n) is 4.15. The van der Waals surface area contributed by atoms with Gasteiger partial charge in [-0.2, -0.15) is 0 Å². The molecule has 0 saturated carbocycles. The maximum absolute atomic E-state index is 4.19. The van der Waals surface area contributed by atoms with Crippen molar-refractivity contribution in [2.24, 2.45) is 9.98 Å². The zero-order valence-corrected chi connectivity index (χ0v) is 8.54. The lowest BCUT2D eigenvalue weighted by Gasteiger charge is -2.03. The summed E-state index contributed by atoms with van der Waals surface area (Å²) in [7, 11) is 1.70. The lowest BCUT2D eigenvalue weighted by Crippen LogP contribution is -2.22. The van der Waals surface area contributed by atoms with Gasteiger partial charge in [0, 0.05) is 12.7 Å². The molecule has 0 aromatic carbocycles. The van der Waals surface area contributed by atoms with Crippen molar-refractivity contribution < 1.29 is 0 Å². The molecule has 0 spiro atoms. The summed E-state index contributed by atoms with van der Waals surface area (Å²) >= 11 is 0. The van der Waals surface area contributed by atoms with Crippen molar-refractivity contribution in [2.45, 2.75) is 19.9 Å². The van der Waals surface area contributed by atoms with E-state index in [0.717, 1.165) is 5.70 Å². The third-order valence-corrected chi connectivity index (χ3v) is 1.36. The van der Waals surface area contributed by atoms with E-state index in [2.05, 4.69) is 28.5 Å². The molecule has 1 N–H and O–H groups in total. The molecule has 0 aromatic rings. The van der Waals surface area contributed by atoms with E-state index in [1.807, 2.05) is 13.8 Å². The van der Waals surface area contributed by atoms with Crippen molar-refractivity contribution in [1.82, 2.24) is 5.32 Å². The Hall–Kier alpha value is -1.38. The van der Waals surface area contributed by atoms with E-state index in [1.165, 1.54) is 0 Å². The summed E-state index contributed by atoms with van der Waals surface area (Å²) in [5.41, 5.74) is 0.846. The first kappa shape index (κ1) is 11.6. The van der Waals surface area contributed by atoms with E-state index in [9.17, 15) is 0 Å². The first-order valence-corrected chi connectivity index (χ1v) is 4.15. The third kappa shape index (κ3) is 5.84. The lowest BCUT2D eigenvalue weighted by atomic mass is 10.3. The van der Waals surface area contributed by atoms with Gasteiger partial charge in [0.1, 0.15) is 5.84 Å². The molecule has 0 aliphatic carbocycles. The standard InChI is InChI=1S/C10H17N3/c1-6-9(4)12-7-10(11-5)13-8(2)3/h6-7,9H,1-2H2,3-5H3,(H,11,13). The van der Waals surface area contributed by atoms with Gasteiger partial charge in [-0.3, -0.25) is 9.98 Å². The van der Waals surface area contributed by atoms with Crippen molar-refractivity contribution in [2.75, 3.05) is 7.05 Å². The monoisotopic (exact) mass is 179 g/mol. The molecule has 1 atom stereocenters. The summed E-state index contributed by atoms with van der Waals surface area (Å²) < 4.78 is 0. The smallest absolute Gasteiger partial charge is 0.143 e. The van der Waals surface area contributed by atoms with Gasteiger partial charge >= 0.3 is 0 Å². The normalized spacial score (nSPS) is 14.2. The number of nitrogens with zero attached hydrogens (tertiary/aromatic N) is 2. The molecule has 0 saturated heterocycles. The van der Waals surface area contributed by atoms with Crippen LogP contribution in [0, 0.1) is 0 Å². The predicted octanol–water partition coefficient (Wildman–Crippen LogP) is 1.78. The number of rotatable bonds is 4. The Bertz CT molecular complexity index is 239. The fourth-order valence-electron chi connectivity index (χ4n) is 0.614. The van der Waals surface area contributed by atoms with Crippen LogP contribution in [-0.4, -0.2) is 25.1 Å². The molecule has 0 amide bonds. The number of aliphatic imine (C=N–C) groups is 2. The van der Waals surface area contributed by atoms with E-state index >= 15 is 0 Å². The van der Waals surface area contributed by atoms with Gasteiger partial charge in [-0.15, -0.1) is 6.58 Å². The van der Waals surface area contributed by atoms with Crippen LogP contribution in [0.3, 0.4) is 0 Å². The minimum Gasteiger partial charge on any atom is -0.344 e. The van der Waals surface area contributed by atoms with Crippen LogP contribution in [0.1, 0.15) is 13.8 Å². The molecule has 3 nitrogen and oxygen atoms in total. The second-order valence-corrected chi connectivity index (χ2v) is 2.77. The van der Waals surface area contributed by atoms with Gasteiger partial charge in [-0.05, 0) is 13.8 Å². The Morgan fingerprint density at radius 2 is 2.15 bits per heavy atom. The van der Waals surface area contributed by atoms with E-state index in [4.69, 9.17) is 0 Å². The second-order valence-electron chi connectivity index (χ2n) is 2.77. The highest BCUT2D eigenvalue weighted by atomic mass is 15.0. The highest BCUT2D eigenvalue weighted by Gasteiger charge is 1.93. The van der Waals surface area contributed by atoms with Crippen molar-refractivity contribution in [3.05, 3.63) is 24.9 Å². The summed E-state index contributed by atoms with van der Waals surface area (Å²) in [6, 6.07) is 0.115. The molecule has 0 aliphatic rings. The predicted molar refractivity (Wildman–Crippen MR) is 59.5 cm³/mol. The van der Waals surface area contributed by atoms with Crippen LogP contribution in [0.15, 0.2) is 34.9 Å². The maximum atomic E-state index is 4.19. The van der Waals surface area contributed by atoms with Crippen LogP contribution < -0.4 is 5.32 Å². The molecule has 0 bridgehead atoms. The summed E-state index contributed by atoms with van der Waals surface area (Å²) in [5, 5.41) is 2.98. The minimum atomic E-state index is 0.115. The van der Waals surface area contributed by atoms with Gasteiger partial charge in [-0.25, -0.2) is 0 Å². The zero-order chi connectivity index (χ0) is 10.3. The lowest BCUT2D eigenvalue weighted by molar-refractivity contribution is 0.936. The molecule has 0 aromatic heterocycles. The summed E-state index contributed by atoms with van der Waals surface area (Å²) in [5.74, 6) is 0.709. The highest BCUT2D eigenvalue weighted by molar-refractivity contribution is 6.29. The van der Waals surface area contributed by atoms with Crippen LogP contribution in [0.4, 0.5) is 0 Å². The van der Waals surface area contributed by atoms with Crippen molar-refractivity contribution in [1.29, 1.82) is 0 Å². The molecular weight excluding hydrogens is 162 g/mol. The van der Waals surface area contributed by atoms with Crippen molar-refractivity contribution in [3.8, 4) is 0 Å². The average Bonchev–Trinajstić information content (AvgIpc) is 2.10. The Balaban J connectivity index is 4.21. The van der Waals surface area contributed by atoms with Gasteiger partial charge < -0.3 is 5.32 Å². The molecule has 0 fully saturated rings. The van der Waals surface area contributed by atoms with Gasteiger partial charge in [0.2, 0.25) is 0 Å². The number of amidine groups is 1. The molecule has 1 unspecified atom stereocenters. The van der Waals surface area contributed by atoms with E-state index in [1.54, 1.807) is 19.3 Å². The quantitative estimate of drug-likeness (QED) is 0.398. The summed E-state index contributed by atoms with van der Waals surface area (Å²) in [4.78, 5) is 8.18. The highest BCUT2D eigenvalue weighted by Crippen LogP contribution is 1.88. The van der Waals surface area contributed by atoms with Crippen molar-refractivity contribution >= 4 is 12.1 Å². The number of allylic oxidation sites excluding steroid dienone is 1. The molecule has 0 aliphatic heterocycles. The van der Waals surface area contributed by atoms with Gasteiger partial charge in [0.15, 0.2) is 0 Å². The minimum absolute atomic E-state index is 0.115. The molecule has 72 valence electrons. The van der Waals surface area contributed by atoms with Crippen LogP contribution in [0.2, 0.25) is 0 Å². The van der Waals surface area contributed by atoms with E-state index in [-0.39, 0.29) is 6.04 Å². The van der Waals surface area contributed by atoms with Crippen LogP contribution in [-0.2, 0) is 0 Å². The third-order valence-electron chi connectivity index (χ3n) is 1.36. The van der Waals surface area contributed by atoms with Gasteiger partial charge in [0.25, 0.3) is 0 Å². The number of hydrogen-bond acceptors (Lipinski definition) is 2. The number of nitrogens with one attached hydrogen (secondary N) is 1. The van der Waals surface area contributed by atoms with Gasteiger partial charge in [-0.1, -0.05) is 12.7 Å². The summed E-state index contributed by atoms with van der Waals surface area (Å²) in [6.45, 7) is 11.2. The fourth-order valence-corrected chi connectivity index (χ4v) is 0.614. The average molecular weight is 179 g/mol. The SMILES string of the molecule is C=CC(C)N=CC(=NC)NC(=C)C. The second kappa shape index (κ2) is 6.17. The molecule has 13 heavy (non-hydrogen) atoms. The van der Waals surface area contributed by atoms with Crippen LogP contribution in [0.25, 0.3) is 0 Å². The molecule has 0 rings (SSSR count). The zero-order valence-electron chi connectivity index (χ0n) is 8.54. The largest absolute Gasteiger partial charge is 0.344 e. The molecule has 3 heteroatoms. The number of hydrogen-bond donors (Lipinski definition) is 1. The maximum Gasteiger partial charge on any atom is 0.143 e. The van der Waals surface area contributed by atoms with E-state index < -0.39 is 0 Å². The topological polar surface area (TPSA) is 36.8 Å². The molecular formula is C10H17N3. The van der Waals surface area contributed by atoms with Crippen LogP contribution in [0.5, 0.6) is 0 Å². The Labute approximate surface area is 80.0 Å². The van der Waals surface area contributed by atoms with Gasteiger partial charge in [0.05, 0.1) is 12.3 Å². The summed E-state index contributed by atoms with van der Waals surface area (Å²) in [6.07, 6.45) is 3.45. The molecule has 0 heterocycles. The van der Waals surface area contributed by atoms with Crippen molar-refractivity contribution in [3.63, 3.8) is 0 Å². The van der Waals surface area contributed by atoms with Crippen LogP contribution >= 0.6 is 0 Å². The molecule has 0 radical (unpaired) electrons. The first-order chi connectivity index (χ1) is 6.10. The fraction of sp³-hybridized carbons (Fsp3) is 0.400.